The SMILES string of the molecule is c1cc2c(c([C@@H](C3CCCC3)N3CCNCC3)c1)OCO2. The number of fused-ring (bicyclic) bond motifs is 1. The van der Waals surface area contributed by atoms with Crippen LogP contribution in [0.5, 0.6) is 11.5 Å². The highest BCUT2D eigenvalue weighted by Crippen LogP contribution is 2.46. The summed E-state index contributed by atoms with van der Waals surface area (Å²) >= 11 is 0. The van der Waals surface area contributed by atoms with Crippen LogP contribution in [0.3, 0.4) is 0 Å². The van der Waals surface area contributed by atoms with Crippen LogP contribution in [0.1, 0.15) is 37.3 Å². The first-order valence-corrected chi connectivity index (χ1v) is 8.27. The Kier molecular flexibility index (Phi) is 3.74. The lowest BCUT2D eigenvalue weighted by atomic mass is 9.89. The van der Waals surface area contributed by atoms with Crippen molar-refractivity contribution in [3.8, 4) is 11.5 Å². The molecular weight excluding hydrogens is 264 g/mol. The number of hydrogen-bond donors (Lipinski definition) is 1. The summed E-state index contributed by atoms with van der Waals surface area (Å²) in [5.41, 5.74) is 1.35. The molecule has 0 aromatic heterocycles. The summed E-state index contributed by atoms with van der Waals surface area (Å²) in [6, 6.07) is 6.88. The maximum atomic E-state index is 5.80. The van der Waals surface area contributed by atoms with E-state index in [2.05, 4.69) is 22.3 Å². The van der Waals surface area contributed by atoms with Gasteiger partial charge in [-0.3, -0.25) is 4.90 Å². The van der Waals surface area contributed by atoms with Gasteiger partial charge in [-0.1, -0.05) is 25.0 Å². The molecule has 1 saturated carbocycles. The van der Waals surface area contributed by atoms with Gasteiger partial charge in [-0.2, -0.15) is 0 Å². The lowest BCUT2D eigenvalue weighted by Crippen LogP contribution is -2.46. The molecule has 0 amide bonds. The second kappa shape index (κ2) is 5.85. The van der Waals surface area contributed by atoms with Crippen LogP contribution in [0.25, 0.3) is 0 Å². The standard InChI is InChI=1S/C17H24N2O2/c1-2-5-13(4-1)16(19-10-8-18-9-11-19)14-6-3-7-15-17(14)21-12-20-15/h3,6-7,13,16,18H,1-2,4-5,8-12H2/t16-/m1/s1. The molecule has 114 valence electrons. The molecule has 2 aliphatic heterocycles. The first-order valence-electron chi connectivity index (χ1n) is 8.27. The van der Waals surface area contributed by atoms with Crippen molar-refractivity contribution in [3.05, 3.63) is 23.8 Å². The zero-order valence-corrected chi connectivity index (χ0v) is 12.5. The number of para-hydroxylation sites is 1. The molecule has 0 unspecified atom stereocenters. The molecule has 1 N–H and O–H groups in total. The molecule has 1 atom stereocenters. The summed E-state index contributed by atoms with van der Waals surface area (Å²) in [5, 5.41) is 3.47. The molecule has 4 heteroatoms. The fourth-order valence-electron chi connectivity index (χ4n) is 4.17. The quantitative estimate of drug-likeness (QED) is 0.927. The third kappa shape index (κ3) is 2.51. The van der Waals surface area contributed by atoms with Crippen LogP contribution >= 0.6 is 0 Å². The van der Waals surface area contributed by atoms with E-state index in [4.69, 9.17) is 9.47 Å². The molecule has 2 fully saturated rings. The molecule has 4 rings (SSSR count). The zero-order chi connectivity index (χ0) is 14.1. The van der Waals surface area contributed by atoms with Gasteiger partial charge in [0.2, 0.25) is 6.79 Å². The van der Waals surface area contributed by atoms with Gasteiger partial charge in [0.15, 0.2) is 11.5 Å². The van der Waals surface area contributed by atoms with Crippen LogP contribution < -0.4 is 14.8 Å². The highest BCUT2D eigenvalue weighted by Gasteiger charge is 2.35. The summed E-state index contributed by atoms with van der Waals surface area (Å²) in [5.74, 6) is 2.68. The Morgan fingerprint density at radius 1 is 1.10 bits per heavy atom. The van der Waals surface area contributed by atoms with Gasteiger partial charge in [-0.05, 0) is 24.8 Å². The predicted octanol–water partition coefficient (Wildman–Crippen LogP) is 2.55. The first kappa shape index (κ1) is 13.4. The molecule has 4 nitrogen and oxygen atoms in total. The smallest absolute Gasteiger partial charge is 0.231 e. The van der Waals surface area contributed by atoms with Gasteiger partial charge >= 0.3 is 0 Å². The number of rotatable bonds is 3. The van der Waals surface area contributed by atoms with Gasteiger partial charge in [-0.25, -0.2) is 0 Å². The normalized spacial score (nSPS) is 24.4. The van der Waals surface area contributed by atoms with E-state index in [9.17, 15) is 0 Å². The van der Waals surface area contributed by atoms with E-state index >= 15 is 0 Å². The van der Waals surface area contributed by atoms with Crippen molar-refractivity contribution in [2.75, 3.05) is 33.0 Å². The van der Waals surface area contributed by atoms with Gasteiger partial charge in [0.25, 0.3) is 0 Å². The number of ether oxygens (including phenoxy) is 2. The van der Waals surface area contributed by atoms with Gasteiger partial charge < -0.3 is 14.8 Å². The molecular formula is C17H24N2O2. The van der Waals surface area contributed by atoms with E-state index in [0.29, 0.717) is 12.8 Å². The molecule has 0 radical (unpaired) electrons. The molecule has 3 aliphatic rings. The average Bonchev–Trinajstić information content (AvgIpc) is 3.20. The van der Waals surface area contributed by atoms with Crippen LogP contribution in [0, 0.1) is 5.92 Å². The average molecular weight is 288 g/mol. The monoisotopic (exact) mass is 288 g/mol. The predicted molar refractivity (Wildman–Crippen MR) is 81.7 cm³/mol. The van der Waals surface area contributed by atoms with Crippen LogP contribution in [0.2, 0.25) is 0 Å². The second-order valence-corrected chi connectivity index (χ2v) is 6.36. The van der Waals surface area contributed by atoms with E-state index in [-0.39, 0.29) is 0 Å². The van der Waals surface area contributed by atoms with Gasteiger partial charge in [-0.15, -0.1) is 0 Å². The second-order valence-electron chi connectivity index (χ2n) is 6.36. The van der Waals surface area contributed by atoms with Crippen LogP contribution in [0.4, 0.5) is 0 Å². The minimum atomic E-state index is 0.366. The van der Waals surface area contributed by atoms with Crippen LogP contribution in [-0.2, 0) is 0 Å². The molecule has 0 spiro atoms. The summed E-state index contributed by atoms with van der Waals surface area (Å²) in [6.45, 7) is 4.81. The lowest BCUT2D eigenvalue weighted by molar-refractivity contribution is 0.120. The Morgan fingerprint density at radius 3 is 2.71 bits per heavy atom. The highest BCUT2D eigenvalue weighted by molar-refractivity contribution is 5.49. The molecule has 2 heterocycles. The van der Waals surface area contributed by atoms with Crippen molar-refractivity contribution < 1.29 is 9.47 Å². The summed E-state index contributed by atoms with van der Waals surface area (Å²) in [7, 11) is 0. The van der Waals surface area contributed by atoms with Gasteiger partial charge in [0.05, 0.1) is 0 Å². The van der Waals surface area contributed by atoms with E-state index in [1.54, 1.807) is 0 Å². The van der Waals surface area contributed by atoms with Crippen molar-refractivity contribution in [1.29, 1.82) is 0 Å². The number of hydrogen-bond acceptors (Lipinski definition) is 4. The Balaban J connectivity index is 1.69. The van der Waals surface area contributed by atoms with E-state index in [1.807, 2.05) is 6.07 Å². The Morgan fingerprint density at radius 2 is 1.90 bits per heavy atom. The fourth-order valence-corrected chi connectivity index (χ4v) is 4.17. The molecule has 21 heavy (non-hydrogen) atoms. The van der Waals surface area contributed by atoms with Crippen molar-refractivity contribution in [3.63, 3.8) is 0 Å². The Hall–Kier alpha value is -1.26. The molecule has 1 aliphatic carbocycles. The van der Waals surface area contributed by atoms with Crippen molar-refractivity contribution in [2.24, 2.45) is 5.92 Å². The Bertz CT molecular complexity index is 494. The van der Waals surface area contributed by atoms with Crippen molar-refractivity contribution in [2.45, 2.75) is 31.7 Å². The Labute approximate surface area is 126 Å². The summed E-state index contributed by atoms with van der Waals surface area (Å²) in [4.78, 5) is 2.66. The van der Waals surface area contributed by atoms with Gasteiger partial charge in [0.1, 0.15) is 0 Å². The number of piperazine rings is 1. The van der Waals surface area contributed by atoms with Crippen LogP contribution in [-0.4, -0.2) is 37.9 Å². The highest BCUT2D eigenvalue weighted by atomic mass is 16.7. The van der Waals surface area contributed by atoms with Crippen LogP contribution in [0.15, 0.2) is 18.2 Å². The lowest BCUT2D eigenvalue weighted by Gasteiger charge is -2.39. The third-order valence-electron chi connectivity index (χ3n) is 5.14. The summed E-state index contributed by atoms with van der Waals surface area (Å²) in [6.07, 6.45) is 5.44. The topological polar surface area (TPSA) is 33.7 Å². The maximum Gasteiger partial charge on any atom is 0.231 e. The van der Waals surface area contributed by atoms with Crippen molar-refractivity contribution >= 4 is 0 Å². The zero-order valence-electron chi connectivity index (χ0n) is 12.5. The molecule has 1 saturated heterocycles. The number of nitrogens with one attached hydrogen (secondary N) is 1. The van der Waals surface area contributed by atoms with Crippen molar-refractivity contribution in [1.82, 2.24) is 10.2 Å². The van der Waals surface area contributed by atoms with E-state index in [0.717, 1.165) is 43.6 Å². The van der Waals surface area contributed by atoms with Gasteiger partial charge in [0, 0.05) is 37.8 Å². The molecule has 0 bridgehead atoms. The minimum absolute atomic E-state index is 0.366. The number of benzene rings is 1. The van der Waals surface area contributed by atoms with E-state index < -0.39 is 0 Å². The maximum absolute atomic E-state index is 5.80. The first-order chi connectivity index (χ1) is 10.4. The minimum Gasteiger partial charge on any atom is -0.454 e. The number of nitrogens with zero attached hydrogens (tertiary/aromatic N) is 1. The molecule has 1 aromatic rings. The largest absolute Gasteiger partial charge is 0.454 e. The third-order valence-corrected chi connectivity index (χ3v) is 5.14. The fraction of sp³-hybridized carbons (Fsp3) is 0.647. The molecule has 1 aromatic carbocycles. The van der Waals surface area contributed by atoms with E-state index in [1.165, 1.54) is 31.2 Å². The summed E-state index contributed by atoms with van der Waals surface area (Å²) < 4.78 is 11.4.